The fraction of sp³-hybridized carbons (Fsp3) is 0.316. The lowest BCUT2D eigenvalue weighted by molar-refractivity contribution is -0.123. The van der Waals surface area contributed by atoms with Gasteiger partial charge in [0, 0.05) is 16.7 Å². The normalized spacial score (nSPS) is 11.7. The van der Waals surface area contributed by atoms with Gasteiger partial charge in [-0.2, -0.15) is 0 Å². The van der Waals surface area contributed by atoms with E-state index in [1.54, 1.807) is 24.3 Å². The number of nitrogens with one attached hydrogen (secondary N) is 2. The summed E-state index contributed by atoms with van der Waals surface area (Å²) in [5.74, 6) is 0.196. The Morgan fingerprint density at radius 1 is 1.04 bits per heavy atom. The fourth-order valence-corrected chi connectivity index (χ4v) is 3.33. The Balaban J connectivity index is 1.93. The van der Waals surface area contributed by atoms with Gasteiger partial charge in [0.25, 0.3) is 15.9 Å². The molecule has 2 aromatic carbocycles. The van der Waals surface area contributed by atoms with Crippen molar-refractivity contribution in [3.05, 3.63) is 53.0 Å². The van der Waals surface area contributed by atoms with Gasteiger partial charge in [-0.05, 0) is 53.9 Å². The summed E-state index contributed by atoms with van der Waals surface area (Å²) < 4.78 is 33.6. The summed E-state index contributed by atoms with van der Waals surface area (Å²) in [5, 5.41) is 2.79. The molecule has 0 aliphatic carbocycles. The summed E-state index contributed by atoms with van der Waals surface area (Å²) in [5.41, 5.74) is 0.460. The highest BCUT2D eigenvalue weighted by molar-refractivity contribution is 9.10. The molecule has 0 fully saturated rings. The van der Waals surface area contributed by atoms with Crippen molar-refractivity contribution in [2.75, 3.05) is 17.9 Å². The number of carbonyl (C=O) groups is 1. The second kappa shape index (κ2) is 8.75. The van der Waals surface area contributed by atoms with Crippen LogP contribution in [0.1, 0.15) is 20.8 Å². The number of rotatable bonds is 7. The van der Waals surface area contributed by atoms with Crippen LogP contribution in [0, 0.1) is 5.41 Å². The van der Waals surface area contributed by atoms with E-state index in [0.717, 1.165) is 4.47 Å². The molecule has 2 aromatic rings. The summed E-state index contributed by atoms with van der Waals surface area (Å²) >= 11 is 3.30. The maximum atomic E-state index is 12.4. The van der Waals surface area contributed by atoms with Gasteiger partial charge in [0.1, 0.15) is 5.75 Å². The summed E-state index contributed by atoms with van der Waals surface area (Å²) in [4.78, 5) is 11.9. The number of hydrogen-bond donors (Lipinski definition) is 2. The maximum absolute atomic E-state index is 12.4. The monoisotopic (exact) mass is 454 g/mol. The largest absolute Gasteiger partial charge is 0.484 e. The number of hydrogen-bond acceptors (Lipinski definition) is 4. The van der Waals surface area contributed by atoms with Gasteiger partial charge in [0.2, 0.25) is 0 Å². The predicted molar refractivity (Wildman–Crippen MR) is 109 cm³/mol. The molecule has 0 saturated heterocycles. The summed E-state index contributed by atoms with van der Waals surface area (Å²) in [6, 6.07) is 12.7. The molecule has 1 amide bonds. The molecule has 0 heterocycles. The van der Waals surface area contributed by atoms with E-state index in [4.69, 9.17) is 4.74 Å². The molecule has 0 spiro atoms. The highest BCUT2D eigenvalue weighted by Crippen LogP contribution is 2.20. The van der Waals surface area contributed by atoms with Gasteiger partial charge in [0.15, 0.2) is 6.61 Å². The van der Waals surface area contributed by atoms with Crippen molar-refractivity contribution in [3.8, 4) is 5.75 Å². The maximum Gasteiger partial charge on any atom is 0.261 e. The number of anilines is 1. The van der Waals surface area contributed by atoms with Crippen molar-refractivity contribution < 1.29 is 17.9 Å². The number of halogens is 1. The molecule has 2 N–H and O–H groups in total. The molecule has 146 valence electrons. The van der Waals surface area contributed by atoms with E-state index in [0.29, 0.717) is 18.0 Å². The third kappa shape index (κ3) is 7.22. The van der Waals surface area contributed by atoms with Gasteiger partial charge in [-0.1, -0.05) is 36.7 Å². The number of sulfonamides is 1. The molecular weight excluding hydrogens is 432 g/mol. The van der Waals surface area contributed by atoms with Crippen LogP contribution in [-0.4, -0.2) is 27.5 Å². The van der Waals surface area contributed by atoms with E-state index in [2.05, 4.69) is 26.0 Å². The predicted octanol–water partition coefficient (Wildman–Crippen LogP) is 3.79. The first-order chi connectivity index (χ1) is 12.5. The first-order valence-electron chi connectivity index (χ1n) is 8.33. The molecule has 0 bridgehead atoms. The first-order valence-corrected chi connectivity index (χ1v) is 10.6. The molecule has 0 aromatic heterocycles. The average Bonchev–Trinajstić information content (AvgIpc) is 2.60. The molecule has 8 heteroatoms. The Morgan fingerprint density at radius 2 is 1.63 bits per heavy atom. The quantitative estimate of drug-likeness (QED) is 0.666. The minimum atomic E-state index is -3.70. The molecule has 0 aliphatic rings. The highest BCUT2D eigenvalue weighted by atomic mass is 79.9. The molecule has 0 atom stereocenters. The molecular formula is C19H23BrN2O4S. The molecule has 0 unspecified atom stereocenters. The zero-order chi connectivity index (χ0) is 20.1. The van der Waals surface area contributed by atoms with E-state index in [1.807, 2.05) is 20.8 Å². The van der Waals surface area contributed by atoms with Crippen LogP contribution >= 0.6 is 15.9 Å². The molecule has 0 saturated carbocycles. The second-order valence-corrected chi connectivity index (χ2v) is 9.81. The lowest BCUT2D eigenvalue weighted by Crippen LogP contribution is -2.35. The lowest BCUT2D eigenvalue weighted by Gasteiger charge is -2.18. The van der Waals surface area contributed by atoms with Crippen molar-refractivity contribution in [2.24, 2.45) is 5.41 Å². The van der Waals surface area contributed by atoms with Crippen LogP contribution in [0.2, 0.25) is 0 Å². The summed E-state index contributed by atoms with van der Waals surface area (Å²) in [6.45, 7) is 6.49. The number of amides is 1. The SMILES string of the molecule is CC(C)(C)CNC(=O)COc1ccc(S(=O)(=O)Nc2ccc(Br)cc2)cc1. The van der Waals surface area contributed by atoms with Crippen LogP contribution in [0.5, 0.6) is 5.75 Å². The molecule has 2 rings (SSSR count). The topological polar surface area (TPSA) is 84.5 Å². The van der Waals surface area contributed by atoms with Gasteiger partial charge in [-0.25, -0.2) is 8.42 Å². The van der Waals surface area contributed by atoms with Crippen molar-refractivity contribution >= 4 is 37.5 Å². The van der Waals surface area contributed by atoms with Crippen LogP contribution in [0.4, 0.5) is 5.69 Å². The Hall–Kier alpha value is -2.06. The minimum Gasteiger partial charge on any atom is -0.484 e. The van der Waals surface area contributed by atoms with E-state index in [9.17, 15) is 13.2 Å². The summed E-state index contributed by atoms with van der Waals surface area (Å²) in [7, 11) is -3.70. The third-order valence-electron chi connectivity index (χ3n) is 3.42. The van der Waals surface area contributed by atoms with Crippen LogP contribution in [0.25, 0.3) is 0 Å². The summed E-state index contributed by atoms with van der Waals surface area (Å²) in [6.07, 6.45) is 0. The molecule has 0 aliphatic heterocycles. The molecule has 0 radical (unpaired) electrons. The smallest absolute Gasteiger partial charge is 0.261 e. The van der Waals surface area contributed by atoms with Crippen LogP contribution in [-0.2, 0) is 14.8 Å². The second-order valence-electron chi connectivity index (χ2n) is 7.21. The van der Waals surface area contributed by atoms with Crippen LogP contribution in [0.3, 0.4) is 0 Å². The Kier molecular flexibility index (Phi) is 6.89. The zero-order valence-corrected chi connectivity index (χ0v) is 17.9. The van der Waals surface area contributed by atoms with Gasteiger partial charge in [0.05, 0.1) is 4.90 Å². The average molecular weight is 455 g/mol. The van der Waals surface area contributed by atoms with E-state index in [-0.39, 0.29) is 22.8 Å². The number of benzene rings is 2. The standard InChI is InChI=1S/C19H23BrN2O4S/c1-19(2,3)13-21-18(23)12-26-16-8-10-17(11-9-16)27(24,25)22-15-6-4-14(20)5-7-15/h4-11,22H,12-13H2,1-3H3,(H,21,23). The van der Waals surface area contributed by atoms with Crippen LogP contribution in [0.15, 0.2) is 57.9 Å². The van der Waals surface area contributed by atoms with Gasteiger partial charge >= 0.3 is 0 Å². The number of carbonyl (C=O) groups excluding carboxylic acids is 1. The fourth-order valence-electron chi connectivity index (χ4n) is 2.01. The Labute approximate surface area is 168 Å². The Morgan fingerprint density at radius 3 is 2.19 bits per heavy atom. The lowest BCUT2D eigenvalue weighted by atomic mass is 9.97. The van der Waals surface area contributed by atoms with Gasteiger partial charge < -0.3 is 10.1 Å². The minimum absolute atomic E-state index is 0.00645. The van der Waals surface area contributed by atoms with Crippen molar-refractivity contribution in [1.82, 2.24) is 5.32 Å². The van der Waals surface area contributed by atoms with Crippen molar-refractivity contribution in [3.63, 3.8) is 0 Å². The molecule has 6 nitrogen and oxygen atoms in total. The van der Waals surface area contributed by atoms with Crippen LogP contribution < -0.4 is 14.8 Å². The molecule has 27 heavy (non-hydrogen) atoms. The van der Waals surface area contributed by atoms with E-state index in [1.165, 1.54) is 24.3 Å². The number of ether oxygens (including phenoxy) is 1. The first kappa shape index (κ1) is 21.2. The van der Waals surface area contributed by atoms with Gasteiger partial charge in [-0.3, -0.25) is 9.52 Å². The van der Waals surface area contributed by atoms with E-state index >= 15 is 0 Å². The van der Waals surface area contributed by atoms with Crippen molar-refractivity contribution in [1.29, 1.82) is 0 Å². The van der Waals surface area contributed by atoms with E-state index < -0.39 is 10.0 Å². The Bertz CT molecular complexity index is 873. The third-order valence-corrected chi connectivity index (χ3v) is 5.34. The highest BCUT2D eigenvalue weighted by Gasteiger charge is 2.15. The van der Waals surface area contributed by atoms with Gasteiger partial charge in [-0.15, -0.1) is 0 Å². The zero-order valence-electron chi connectivity index (χ0n) is 15.5. The van der Waals surface area contributed by atoms with Crippen molar-refractivity contribution in [2.45, 2.75) is 25.7 Å².